The molecule has 5 heteroatoms. The summed E-state index contributed by atoms with van der Waals surface area (Å²) in [4.78, 5) is 0. The highest BCUT2D eigenvalue weighted by molar-refractivity contribution is 5.37. The molecule has 0 radical (unpaired) electrons. The first-order valence-corrected chi connectivity index (χ1v) is 6.09. The van der Waals surface area contributed by atoms with Gasteiger partial charge in [0.25, 0.3) is 0 Å². The number of rotatable bonds is 3. The van der Waals surface area contributed by atoms with Crippen molar-refractivity contribution in [3.63, 3.8) is 0 Å². The van der Waals surface area contributed by atoms with E-state index < -0.39 is 11.7 Å². The predicted octanol–water partition coefficient (Wildman–Crippen LogP) is 3.44. The van der Waals surface area contributed by atoms with Crippen LogP contribution in [0.1, 0.15) is 36.8 Å². The van der Waals surface area contributed by atoms with Crippen LogP contribution < -0.4 is 5.32 Å². The molecular formula is C13H16F3NO. The number of halogens is 3. The van der Waals surface area contributed by atoms with Gasteiger partial charge in [-0.25, -0.2) is 0 Å². The van der Waals surface area contributed by atoms with Crippen molar-refractivity contribution in [2.45, 2.75) is 44.4 Å². The zero-order valence-electron chi connectivity index (χ0n) is 9.93. The molecule has 18 heavy (non-hydrogen) atoms. The Kier molecular flexibility index (Phi) is 3.80. The highest BCUT2D eigenvalue weighted by Crippen LogP contribution is 2.32. The van der Waals surface area contributed by atoms with Gasteiger partial charge < -0.3 is 10.4 Å². The van der Waals surface area contributed by atoms with Crippen molar-refractivity contribution in [2.24, 2.45) is 0 Å². The maximum atomic E-state index is 12.4. The van der Waals surface area contributed by atoms with Gasteiger partial charge in [-0.3, -0.25) is 0 Å². The van der Waals surface area contributed by atoms with Crippen molar-refractivity contribution in [1.82, 2.24) is 5.32 Å². The second kappa shape index (κ2) is 5.18. The summed E-state index contributed by atoms with van der Waals surface area (Å²) in [5, 5.41) is 12.8. The van der Waals surface area contributed by atoms with Crippen LogP contribution in [0.5, 0.6) is 5.75 Å². The van der Waals surface area contributed by atoms with Gasteiger partial charge in [-0.15, -0.1) is 0 Å². The highest BCUT2D eigenvalue weighted by atomic mass is 19.4. The van der Waals surface area contributed by atoms with Crippen LogP contribution in [0.15, 0.2) is 18.2 Å². The Morgan fingerprint density at radius 3 is 2.44 bits per heavy atom. The molecule has 1 saturated carbocycles. The van der Waals surface area contributed by atoms with Crippen molar-refractivity contribution in [3.8, 4) is 5.75 Å². The molecule has 2 N–H and O–H groups in total. The summed E-state index contributed by atoms with van der Waals surface area (Å²) in [5.74, 6) is -0.296. The zero-order valence-corrected chi connectivity index (χ0v) is 9.93. The van der Waals surface area contributed by atoms with E-state index in [1.165, 1.54) is 18.9 Å². The minimum absolute atomic E-state index is 0.296. The summed E-state index contributed by atoms with van der Waals surface area (Å²) in [5.41, 5.74) is -0.306. The van der Waals surface area contributed by atoms with E-state index in [1.807, 2.05) is 0 Å². The SMILES string of the molecule is Oc1cc(C(F)(F)F)ccc1CNC1CCCC1. The van der Waals surface area contributed by atoms with Crippen LogP contribution in [-0.4, -0.2) is 11.1 Å². The number of phenols is 1. The Morgan fingerprint density at radius 2 is 1.89 bits per heavy atom. The van der Waals surface area contributed by atoms with Gasteiger partial charge in [-0.2, -0.15) is 13.2 Å². The number of aromatic hydroxyl groups is 1. The van der Waals surface area contributed by atoms with E-state index >= 15 is 0 Å². The maximum Gasteiger partial charge on any atom is 0.416 e. The van der Waals surface area contributed by atoms with E-state index in [0.717, 1.165) is 25.0 Å². The van der Waals surface area contributed by atoms with E-state index in [0.29, 0.717) is 18.2 Å². The normalized spacial score (nSPS) is 17.3. The van der Waals surface area contributed by atoms with E-state index in [2.05, 4.69) is 5.32 Å². The summed E-state index contributed by atoms with van der Waals surface area (Å²) >= 11 is 0. The first-order valence-electron chi connectivity index (χ1n) is 6.09. The van der Waals surface area contributed by atoms with Crippen LogP contribution in [0.25, 0.3) is 0 Å². The molecule has 0 unspecified atom stereocenters. The lowest BCUT2D eigenvalue weighted by Gasteiger charge is -2.14. The fourth-order valence-corrected chi connectivity index (χ4v) is 2.27. The smallest absolute Gasteiger partial charge is 0.416 e. The van der Waals surface area contributed by atoms with Gasteiger partial charge in [0.15, 0.2) is 0 Å². The molecule has 1 fully saturated rings. The number of benzene rings is 1. The summed E-state index contributed by atoms with van der Waals surface area (Å²) in [7, 11) is 0. The first kappa shape index (κ1) is 13.2. The van der Waals surface area contributed by atoms with Crippen LogP contribution in [0, 0.1) is 0 Å². The molecule has 0 bridgehead atoms. The van der Waals surface area contributed by atoms with Gasteiger partial charge in [0.05, 0.1) is 5.56 Å². The maximum absolute atomic E-state index is 12.4. The minimum atomic E-state index is -4.41. The van der Waals surface area contributed by atoms with Gasteiger partial charge in [-0.05, 0) is 25.0 Å². The summed E-state index contributed by atoms with van der Waals surface area (Å²) in [6.45, 7) is 0.411. The quantitative estimate of drug-likeness (QED) is 0.871. The summed E-state index contributed by atoms with van der Waals surface area (Å²) in [6, 6.07) is 3.55. The van der Waals surface area contributed by atoms with Gasteiger partial charge in [0, 0.05) is 18.2 Å². The molecule has 2 nitrogen and oxygen atoms in total. The average molecular weight is 259 g/mol. The number of hydrogen-bond donors (Lipinski definition) is 2. The molecule has 2 rings (SSSR count). The molecule has 0 spiro atoms. The molecule has 0 heterocycles. The summed E-state index contributed by atoms with van der Waals surface area (Å²) < 4.78 is 37.2. The third-order valence-electron chi connectivity index (χ3n) is 3.35. The molecule has 1 aromatic rings. The molecule has 0 amide bonds. The number of phenolic OH excluding ortho intramolecular Hbond substituents is 1. The fourth-order valence-electron chi connectivity index (χ4n) is 2.27. The van der Waals surface area contributed by atoms with Crippen LogP contribution in [0.4, 0.5) is 13.2 Å². The van der Waals surface area contributed by atoms with Crippen molar-refractivity contribution in [1.29, 1.82) is 0 Å². The Labute approximate surface area is 104 Å². The number of nitrogens with one attached hydrogen (secondary N) is 1. The van der Waals surface area contributed by atoms with Crippen molar-refractivity contribution in [2.75, 3.05) is 0 Å². The van der Waals surface area contributed by atoms with Crippen molar-refractivity contribution in [3.05, 3.63) is 29.3 Å². The third kappa shape index (κ3) is 3.16. The fraction of sp³-hybridized carbons (Fsp3) is 0.538. The van der Waals surface area contributed by atoms with Crippen molar-refractivity contribution >= 4 is 0 Å². The van der Waals surface area contributed by atoms with Gasteiger partial charge >= 0.3 is 6.18 Å². The van der Waals surface area contributed by atoms with Crippen LogP contribution in [0.2, 0.25) is 0 Å². The second-order valence-electron chi connectivity index (χ2n) is 4.70. The Morgan fingerprint density at radius 1 is 1.22 bits per heavy atom. The monoisotopic (exact) mass is 259 g/mol. The number of alkyl halides is 3. The van der Waals surface area contributed by atoms with Crippen LogP contribution in [-0.2, 0) is 12.7 Å². The average Bonchev–Trinajstić information content (AvgIpc) is 2.79. The molecular weight excluding hydrogens is 243 g/mol. The third-order valence-corrected chi connectivity index (χ3v) is 3.35. The van der Waals surface area contributed by atoms with Gasteiger partial charge in [0.2, 0.25) is 0 Å². The lowest BCUT2D eigenvalue weighted by atomic mass is 10.1. The van der Waals surface area contributed by atoms with Gasteiger partial charge in [0.1, 0.15) is 5.75 Å². The standard InChI is InChI=1S/C13H16F3NO/c14-13(15,16)10-6-5-9(12(18)7-10)8-17-11-3-1-2-4-11/h5-7,11,17-18H,1-4,8H2. The lowest BCUT2D eigenvalue weighted by Crippen LogP contribution is -2.25. The molecule has 1 aromatic carbocycles. The topological polar surface area (TPSA) is 32.3 Å². The molecule has 1 aliphatic rings. The highest BCUT2D eigenvalue weighted by Gasteiger charge is 2.31. The first-order chi connectivity index (χ1) is 8.47. The molecule has 0 aromatic heterocycles. The second-order valence-corrected chi connectivity index (χ2v) is 4.70. The minimum Gasteiger partial charge on any atom is -0.508 e. The van der Waals surface area contributed by atoms with Crippen LogP contribution >= 0.6 is 0 Å². The van der Waals surface area contributed by atoms with E-state index in [-0.39, 0.29) is 5.75 Å². The molecule has 0 saturated heterocycles. The Balaban J connectivity index is 2.01. The Hall–Kier alpha value is -1.23. The van der Waals surface area contributed by atoms with E-state index in [9.17, 15) is 18.3 Å². The van der Waals surface area contributed by atoms with Crippen molar-refractivity contribution < 1.29 is 18.3 Å². The van der Waals surface area contributed by atoms with E-state index in [4.69, 9.17) is 0 Å². The summed E-state index contributed by atoms with van der Waals surface area (Å²) in [6.07, 6.45) is 0.172. The largest absolute Gasteiger partial charge is 0.508 e. The molecule has 1 aliphatic carbocycles. The number of hydrogen-bond acceptors (Lipinski definition) is 2. The van der Waals surface area contributed by atoms with Crippen LogP contribution in [0.3, 0.4) is 0 Å². The molecule has 0 atom stereocenters. The Bertz CT molecular complexity index is 411. The van der Waals surface area contributed by atoms with E-state index in [1.54, 1.807) is 0 Å². The lowest BCUT2D eigenvalue weighted by molar-refractivity contribution is -0.137. The predicted molar refractivity (Wildman–Crippen MR) is 62.2 cm³/mol. The zero-order chi connectivity index (χ0) is 13.2. The molecule has 100 valence electrons. The molecule has 0 aliphatic heterocycles. The van der Waals surface area contributed by atoms with Gasteiger partial charge in [-0.1, -0.05) is 18.9 Å².